The summed E-state index contributed by atoms with van der Waals surface area (Å²) in [5.41, 5.74) is -0.00854. The molecule has 1 rings (SSSR count). The van der Waals surface area contributed by atoms with Crippen molar-refractivity contribution in [2.75, 3.05) is 5.88 Å². The standard InChI is InChI=1S/C11H19ClO/c12-9-5-8-11(10-13)6-3-1-2-4-7-11/h10H,1-9H2. The molecule has 1 fully saturated rings. The van der Waals surface area contributed by atoms with E-state index in [-0.39, 0.29) is 5.41 Å². The Kier molecular flexibility index (Phi) is 4.79. The lowest BCUT2D eigenvalue weighted by molar-refractivity contribution is -0.117. The number of carbonyl (C=O) groups excluding carboxylic acids is 1. The van der Waals surface area contributed by atoms with Crippen LogP contribution >= 0.6 is 11.6 Å². The van der Waals surface area contributed by atoms with Crippen molar-refractivity contribution in [3.05, 3.63) is 0 Å². The van der Waals surface area contributed by atoms with E-state index in [0.29, 0.717) is 5.88 Å². The van der Waals surface area contributed by atoms with Gasteiger partial charge in [0.2, 0.25) is 0 Å². The summed E-state index contributed by atoms with van der Waals surface area (Å²) in [4.78, 5) is 11.1. The van der Waals surface area contributed by atoms with Crippen molar-refractivity contribution in [1.82, 2.24) is 0 Å². The third kappa shape index (κ3) is 3.30. The second kappa shape index (κ2) is 5.64. The molecule has 0 spiro atoms. The van der Waals surface area contributed by atoms with E-state index in [4.69, 9.17) is 11.6 Å². The molecule has 0 aromatic carbocycles. The minimum Gasteiger partial charge on any atom is -0.303 e. The van der Waals surface area contributed by atoms with Gasteiger partial charge in [0.1, 0.15) is 6.29 Å². The summed E-state index contributed by atoms with van der Waals surface area (Å²) in [5, 5.41) is 0. The molecule has 0 N–H and O–H groups in total. The fourth-order valence-electron chi connectivity index (χ4n) is 2.28. The SMILES string of the molecule is O=CC1(CCCCl)CCCCCC1. The number of hydrogen-bond donors (Lipinski definition) is 0. The predicted molar refractivity (Wildman–Crippen MR) is 56.2 cm³/mol. The van der Waals surface area contributed by atoms with Crippen LogP contribution in [0.1, 0.15) is 51.4 Å². The molecular formula is C11H19ClO. The molecule has 0 unspecified atom stereocenters. The van der Waals surface area contributed by atoms with Crippen LogP contribution in [0.25, 0.3) is 0 Å². The molecule has 1 nitrogen and oxygen atoms in total. The Morgan fingerprint density at radius 2 is 1.77 bits per heavy atom. The summed E-state index contributed by atoms with van der Waals surface area (Å²) in [5.74, 6) is 0.690. The quantitative estimate of drug-likeness (QED) is 0.387. The van der Waals surface area contributed by atoms with E-state index in [1.165, 1.54) is 32.0 Å². The van der Waals surface area contributed by atoms with Gasteiger partial charge in [-0.25, -0.2) is 0 Å². The van der Waals surface area contributed by atoms with Crippen molar-refractivity contribution in [2.45, 2.75) is 51.4 Å². The summed E-state index contributed by atoms with van der Waals surface area (Å²) in [6.45, 7) is 0. The molecule has 1 aliphatic rings. The second-order valence-corrected chi connectivity index (χ2v) is 4.56. The number of alkyl halides is 1. The summed E-state index contributed by atoms with van der Waals surface area (Å²) in [6.07, 6.45) is 10.4. The summed E-state index contributed by atoms with van der Waals surface area (Å²) in [6, 6.07) is 0. The minimum absolute atomic E-state index is 0.00854. The Labute approximate surface area is 85.8 Å². The van der Waals surface area contributed by atoms with E-state index in [2.05, 4.69) is 0 Å². The first-order valence-corrected chi connectivity index (χ1v) is 5.89. The van der Waals surface area contributed by atoms with Crippen molar-refractivity contribution in [2.24, 2.45) is 5.41 Å². The Hall–Kier alpha value is -0.0400. The molecule has 0 bridgehead atoms. The van der Waals surface area contributed by atoms with E-state index in [9.17, 15) is 4.79 Å². The molecule has 0 atom stereocenters. The summed E-state index contributed by atoms with van der Waals surface area (Å²) in [7, 11) is 0. The maximum Gasteiger partial charge on any atom is 0.126 e. The lowest BCUT2D eigenvalue weighted by Crippen LogP contribution is -2.21. The first kappa shape index (κ1) is 11.0. The molecule has 0 aromatic heterocycles. The van der Waals surface area contributed by atoms with E-state index in [1.807, 2.05) is 0 Å². The molecular weight excluding hydrogens is 184 g/mol. The van der Waals surface area contributed by atoms with E-state index in [1.54, 1.807) is 0 Å². The van der Waals surface area contributed by atoms with Crippen LogP contribution in [0.3, 0.4) is 0 Å². The van der Waals surface area contributed by atoms with Crippen LogP contribution in [0.5, 0.6) is 0 Å². The molecule has 0 radical (unpaired) electrons. The van der Waals surface area contributed by atoms with Crippen molar-refractivity contribution < 1.29 is 4.79 Å². The fourth-order valence-corrected chi connectivity index (χ4v) is 2.41. The largest absolute Gasteiger partial charge is 0.303 e. The first-order chi connectivity index (χ1) is 6.33. The maximum absolute atomic E-state index is 11.1. The van der Waals surface area contributed by atoms with Gasteiger partial charge in [0, 0.05) is 11.3 Å². The average molecular weight is 203 g/mol. The van der Waals surface area contributed by atoms with Gasteiger partial charge in [0.25, 0.3) is 0 Å². The fraction of sp³-hybridized carbons (Fsp3) is 0.909. The van der Waals surface area contributed by atoms with Crippen molar-refractivity contribution in [3.8, 4) is 0 Å². The first-order valence-electron chi connectivity index (χ1n) is 5.35. The lowest BCUT2D eigenvalue weighted by Gasteiger charge is -2.25. The molecule has 0 amide bonds. The van der Waals surface area contributed by atoms with Crippen LogP contribution < -0.4 is 0 Å². The monoisotopic (exact) mass is 202 g/mol. The highest BCUT2D eigenvalue weighted by Gasteiger charge is 2.29. The van der Waals surface area contributed by atoms with Crippen molar-refractivity contribution in [3.63, 3.8) is 0 Å². The lowest BCUT2D eigenvalue weighted by atomic mass is 9.78. The second-order valence-electron chi connectivity index (χ2n) is 4.19. The Balaban J connectivity index is 2.48. The molecule has 0 heterocycles. The third-order valence-electron chi connectivity index (χ3n) is 3.16. The van der Waals surface area contributed by atoms with Gasteiger partial charge in [-0.05, 0) is 25.7 Å². The molecule has 0 aromatic rings. The van der Waals surface area contributed by atoms with Crippen LogP contribution in [-0.2, 0) is 4.79 Å². The predicted octanol–water partition coefficient (Wildman–Crippen LogP) is 3.54. The number of aldehydes is 1. The molecule has 0 saturated heterocycles. The van der Waals surface area contributed by atoms with Crippen LogP contribution in [-0.4, -0.2) is 12.2 Å². The number of rotatable bonds is 4. The Morgan fingerprint density at radius 1 is 1.15 bits per heavy atom. The molecule has 2 heteroatoms. The van der Waals surface area contributed by atoms with Crippen LogP contribution in [0.15, 0.2) is 0 Å². The van der Waals surface area contributed by atoms with E-state index >= 15 is 0 Å². The number of halogens is 1. The van der Waals surface area contributed by atoms with Gasteiger partial charge >= 0.3 is 0 Å². The molecule has 76 valence electrons. The van der Waals surface area contributed by atoms with Gasteiger partial charge in [-0.2, -0.15) is 0 Å². The third-order valence-corrected chi connectivity index (χ3v) is 3.42. The van der Waals surface area contributed by atoms with Crippen molar-refractivity contribution >= 4 is 17.9 Å². The van der Waals surface area contributed by atoms with Gasteiger partial charge in [0.15, 0.2) is 0 Å². The summed E-state index contributed by atoms with van der Waals surface area (Å²) >= 11 is 5.66. The van der Waals surface area contributed by atoms with Gasteiger partial charge in [0.05, 0.1) is 0 Å². The van der Waals surface area contributed by atoms with Gasteiger partial charge < -0.3 is 4.79 Å². The maximum atomic E-state index is 11.1. The minimum atomic E-state index is -0.00854. The van der Waals surface area contributed by atoms with Crippen LogP contribution in [0.4, 0.5) is 0 Å². The number of hydrogen-bond acceptors (Lipinski definition) is 1. The highest BCUT2D eigenvalue weighted by molar-refractivity contribution is 6.17. The van der Waals surface area contributed by atoms with Crippen molar-refractivity contribution in [1.29, 1.82) is 0 Å². The van der Waals surface area contributed by atoms with Crippen LogP contribution in [0, 0.1) is 5.41 Å². The zero-order chi connectivity index (χ0) is 9.57. The average Bonchev–Trinajstić information content (AvgIpc) is 2.41. The topological polar surface area (TPSA) is 17.1 Å². The smallest absolute Gasteiger partial charge is 0.126 e. The molecule has 0 aliphatic heterocycles. The Bertz CT molecular complexity index is 148. The molecule has 1 aliphatic carbocycles. The molecule has 13 heavy (non-hydrogen) atoms. The van der Waals surface area contributed by atoms with Gasteiger partial charge in [-0.15, -0.1) is 11.6 Å². The zero-order valence-electron chi connectivity index (χ0n) is 8.23. The van der Waals surface area contributed by atoms with Crippen LogP contribution in [0.2, 0.25) is 0 Å². The van der Waals surface area contributed by atoms with E-state index < -0.39 is 0 Å². The summed E-state index contributed by atoms with van der Waals surface area (Å²) < 4.78 is 0. The normalized spacial score (nSPS) is 22.2. The Morgan fingerprint density at radius 3 is 2.23 bits per heavy atom. The zero-order valence-corrected chi connectivity index (χ0v) is 8.98. The number of carbonyl (C=O) groups is 1. The van der Waals surface area contributed by atoms with Gasteiger partial charge in [-0.3, -0.25) is 0 Å². The van der Waals surface area contributed by atoms with E-state index in [0.717, 1.165) is 25.7 Å². The molecule has 1 saturated carbocycles. The highest BCUT2D eigenvalue weighted by atomic mass is 35.5. The van der Waals surface area contributed by atoms with Gasteiger partial charge in [-0.1, -0.05) is 25.7 Å². The highest BCUT2D eigenvalue weighted by Crippen LogP contribution is 2.37.